The lowest BCUT2D eigenvalue weighted by molar-refractivity contribution is -0.182. The van der Waals surface area contributed by atoms with Gasteiger partial charge in [-0.1, -0.05) is 0 Å². The molecule has 0 bridgehead atoms. The largest absolute Gasteiger partial charge is 0.460 e. The Labute approximate surface area is 113 Å². The van der Waals surface area contributed by atoms with E-state index in [2.05, 4.69) is 9.47 Å². The van der Waals surface area contributed by atoms with E-state index in [1.807, 2.05) is 0 Å². The highest BCUT2D eigenvalue weighted by Gasteiger charge is 2.29. The van der Waals surface area contributed by atoms with Gasteiger partial charge in [0, 0.05) is 19.3 Å². The number of carbonyl (C=O) groups is 2. The molecule has 0 N–H and O–H groups in total. The van der Waals surface area contributed by atoms with Crippen molar-refractivity contribution < 1.29 is 41.7 Å². The minimum Gasteiger partial charge on any atom is -0.460 e. The van der Waals surface area contributed by atoms with Crippen LogP contribution in [0.15, 0.2) is 12.2 Å². The number of ether oxygens (including phenoxy) is 4. The van der Waals surface area contributed by atoms with Crippen LogP contribution >= 0.6 is 0 Å². The predicted molar refractivity (Wildman–Crippen MR) is 59.8 cm³/mol. The third-order valence-electron chi connectivity index (χ3n) is 1.64. The van der Waals surface area contributed by atoms with Gasteiger partial charge in [0.05, 0.1) is 19.8 Å². The fourth-order valence-corrected chi connectivity index (χ4v) is 0.831. The zero-order valence-corrected chi connectivity index (χ0v) is 10.8. The highest BCUT2D eigenvalue weighted by atomic mass is 19.4. The third-order valence-corrected chi connectivity index (χ3v) is 1.64. The highest BCUT2D eigenvalue weighted by molar-refractivity contribution is 5.91. The molecule has 0 aromatic rings. The van der Waals surface area contributed by atoms with Crippen molar-refractivity contribution in [3.8, 4) is 0 Å². The van der Waals surface area contributed by atoms with E-state index in [1.54, 1.807) is 0 Å². The molecule has 116 valence electrons. The van der Waals surface area contributed by atoms with Crippen molar-refractivity contribution in [3.63, 3.8) is 0 Å². The van der Waals surface area contributed by atoms with Crippen molar-refractivity contribution >= 4 is 11.9 Å². The molecule has 0 unspecified atom stereocenters. The summed E-state index contributed by atoms with van der Waals surface area (Å²) in [6.07, 6.45) is -3.38. The topological polar surface area (TPSA) is 71.1 Å². The van der Waals surface area contributed by atoms with Crippen LogP contribution in [0.3, 0.4) is 0 Å². The molecule has 0 aromatic carbocycles. The molecular formula is C11H15F3O6. The number of rotatable bonds is 9. The lowest BCUT2D eigenvalue weighted by atomic mass is 10.5. The van der Waals surface area contributed by atoms with Gasteiger partial charge in [0.1, 0.15) is 6.61 Å². The number of carbonyl (C=O) groups excluding carboxylic acids is 2. The molecule has 9 heteroatoms. The summed E-state index contributed by atoms with van der Waals surface area (Å²) < 4.78 is 53.2. The molecule has 0 aliphatic rings. The molecular weight excluding hydrogens is 285 g/mol. The molecule has 0 radical (unpaired) electrons. The second-order valence-corrected chi connectivity index (χ2v) is 3.33. The third kappa shape index (κ3) is 12.8. The Bertz CT molecular complexity index is 327. The molecule has 0 amide bonds. The molecule has 0 heterocycles. The second kappa shape index (κ2) is 10.2. The van der Waals surface area contributed by atoms with Crippen LogP contribution in [0.5, 0.6) is 0 Å². The van der Waals surface area contributed by atoms with Gasteiger partial charge in [-0.2, -0.15) is 13.2 Å². The fraction of sp³-hybridized carbons (Fsp3) is 0.636. The Morgan fingerprint density at radius 3 is 2.05 bits per heavy atom. The Hall–Kier alpha value is -1.61. The van der Waals surface area contributed by atoms with Gasteiger partial charge < -0.3 is 18.9 Å². The van der Waals surface area contributed by atoms with Crippen molar-refractivity contribution in [2.45, 2.75) is 6.18 Å². The van der Waals surface area contributed by atoms with Gasteiger partial charge in [-0.05, 0) is 0 Å². The zero-order valence-electron chi connectivity index (χ0n) is 10.8. The van der Waals surface area contributed by atoms with Gasteiger partial charge in [0.15, 0.2) is 6.61 Å². The summed E-state index contributed by atoms with van der Waals surface area (Å²) in [5.74, 6) is -2.17. The van der Waals surface area contributed by atoms with Crippen LogP contribution in [-0.2, 0) is 28.5 Å². The Morgan fingerprint density at radius 1 is 0.950 bits per heavy atom. The van der Waals surface area contributed by atoms with Gasteiger partial charge >= 0.3 is 18.1 Å². The normalized spacial score (nSPS) is 11.6. The van der Waals surface area contributed by atoms with Crippen LogP contribution in [0.2, 0.25) is 0 Å². The van der Waals surface area contributed by atoms with E-state index in [0.717, 1.165) is 0 Å². The second-order valence-electron chi connectivity index (χ2n) is 3.33. The summed E-state index contributed by atoms with van der Waals surface area (Å²) >= 11 is 0. The van der Waals surface area contributed by atoms with Crippen molar-refractivity contribution in [3.05, 3.63) is 12.2 Å². The first-order valence-corrected chi connectivity index (χ1v) is 5.50. The Kier molecular flexibility index (Phi) is 9.39. The summed E-state index contributed by atoms with van der Waals surface area (Å²) in [6.45, 7) is -0.878. The van der Waals surface area contributed by atoms with Gasteiger partial charge in [0.2, 0.25) is 0 Å². The maximum Gasteiger partial charge on any atom is 0.422 e. The van der Waals surface area contributed by atoms with Crippen LogP contribution in [-0.4, -0.2) is 58.3 Å². The average molecular weight is 300 g/mol. The monoisotopic (exact) mass is 300 g/mol. The lowest BCUT2D eigenvalue weighted by Crippen LogP contribution is -2.19. The molecule has 0 aliphatic heterocycles. The summed E-state index contributed by atoms with van der Waals surface area (Å²) in [5, 5.41) is 0. The van der Waals surface area contributed by atoms with E-state index in [4.69, 9.17) is 9.47 Å². The first-order chi connectivity index (χ1) is 9.35. The summed E-state index contributed by atoms with van der Waals surface area (Å²) in [6, 6.07) is 0. The molecule has 0 aromatic heterocycles. The van der Waals surface area contributed by atoms with Crippen LogP contribution in [0.4, 0.5) is 13.2 Å². The average Bonchev–Trinajstić information content (AvgIpc) is 2.37. The van der Waals surface area contributed by atoms with Crippen LogP contribution < -0.4 is 0 Å². The smallest absolute Gasteiger partial charge is 0.422 e. The predicted octanol–water partition coefficient (Wildman–Crippen LogP) is 0.854. The van der Waals surface area contributed by atoms with Crippen LogP contribution in [0.25, 0.3) is 0 Å². The molecule has 0 saturated carbocycles. The molecule has 0 rings (SSSR count). The van der Waals surface area contributed by atoms with Crippen molar-refractivity contribution in [1.82, 2.24) is 0 Å². The molecule has 0 aliphatic carbocycles. The van der Waals surface area contributed by atoms with Gasteiger partial charge in [0.25, 0.3) is 0 Å². The molecule has 20 heavy (non-hydrogen) atoms. The Balaban J connectivity index is 3.69. The quantitative estimate of drug-likeness (QED) is 0.357. The van der Waals surface area contributed by atoms with Crippen molar-refractivity contribution in [2.24, 2.45) is 0 Å². The van der Waals surface area contributed by atoms with Gasteiger partial charge in [-0.15, -0.1) is 0 Å². The first kappa shape index (κ1) is 18.4. The number of hydrogen-bond donors (Lipinski definition) is 0. The summed E-state index contributed by atoms with van der Waals surface area (Å²) in [5.41, 5.74) is 0. The molecule has 6 nitrogen and oxygen atoms in total. The number of alkyl halides is 3. The maximum absolute atomic E-state index is 11.7. The minimum absolute atomic E-state index is 0.0511. The van der Waals surface area contributed by atoms with Crippen LogP contribution in [0, 0.1) is 0 Å². The molecule has 0 saturated heterocycles. The van der Waals surface area contributed by atoms with E-state index in [0.29, 0.717) is 25.4 Å². The van der Waals surface area contributed by atoms with E-state index in [-0.39, 0.29) is 13.2 Å². The van der Waals surface area contributed by atoms with E-state index in [9.17, 15) is 22.8 Å². The molecule has 0 atom stereocenters. The van der Waals surface area contributed by atoms with Gasteiger partial charge in [-0.3, -0.25) is 0 Å². The van der Waals surface area contributed by atoms with Crippen LogP contribution in [0.1, 0.15) is 0 Å². The van der Waals surface area contributed by atoms with E-state index < -0.39 is 24.7 Å². The number of halogens is 3. The molecule has 0 spiro atoms. The number of hydrogen-bond acceptors (Lipinski definition) is 6. The SMILES string of the molecule is COCCOCCOC(=O)/C=C/C(=O)OCC(F)(F)F. The van der Waals surface area contributed by atoms with Gasteiger partial charge in [-0.25, -0.2) is 9.59 Å². The minimum atomic E-state index is -4.61. The summed E-state index contributed by atoms with van der Waals surface area (Å²) in [7, 11) is 1.51. The van der Waals surface area contributed by atoms with Crippen molar-refractivity contribution in [1.29, 1.82) is 0 Å². The highest BCUT2D eigenvalue weighted by Crippen LogP contribution is 2.14. The fourth-order valence-electron chi connectivity index (χ4n) is 0.831. The zero-order chi connectivity index (χ0) is 15.4. The standard InChI is InChI=1S/C11H15F3O6/c1-17-4-5-18-6-7-19-9(15)2-3-10(16)20-8-11(12,13)14/h2-3H,4-8H2,1H3/b3-2+. The number of esters is 2. The van der Waals surface area contributed by atoms with E-state index in [1.165, 1.54) is 7.11 Å². The lowest BCUT2D eigenvalue weighted by Gasteiger charge is -2.05. The van der Waals surface area contributed by atoms with Crippen molar-refractivity contribution in [2.75, 3.05) is 40.1 Å². The Morgan fingerprint density at radius 2 is 1.50 bits per heavy atom. The first-order valence-electron chi connectivity index (χ1n) is 5.50. The summed E-state index contributed by atoms with van der Waals surface area (Å²) in [4.78, 5) is 21.8. The number of methoxy groups -OCH3 is 1. The molecule has 0 fully saturated rings. The van der Waals surface area contributed by atoms with E-state index >= 15 is 0 Å². The maximum atomic E-state index is 11.7.